The molecule has 3 unspecified atom stereocenters. The summed E-state index contributed by atoms with van der Waals surface area (Å²) < 4.78 is 14.2. The van der Waals surface area contributed by atoms with Gasteiger partial charge in [-0.2, -0.15) is 0 Å². The first-order chi connectivity index (χ1) is 15.9. The van der Waals surface area contributed by atoms with Crippen molar-refractivity contribution < 1.29 is 14.3 Å². The molecule has 0 spiro atoms. The molecule has 3 atom stereocenters. The van der Waals surface area contributed by atoms with E-state index in [1.54, 1.807) is 12.1 Å². The molecule has 7 rings (SSSR count). The monoisotopic (exact) mass is 458 g/mol. The predicted molar refractivity (Wildman–Crippen MR) is 129 cm³/mol. The van der Waals surface area contributed by atoms with E-state index in [9.17, 15) is 14.3 Å². The number of halogens is 1. The highest BCUT2D eigenvalue weighted by Gasteiger charge is 2.57. The Labute approximate surface area is 195 Å². The Kier molecular flexibility index (Phi) is 4.48. The van der Waals surface area contributed by atoms with Crippen molar-refractivity contribution in [3.05, 3.63) is 83.0 Å². The van der Waals surface area contributed by atoms with Crippen LogP contribution in [-0.2, 0) is 10.4 Å². The van der Waals surface area contributed by atoms with Crippen molar-refractivity contribution in [2.75, 3.05) is 5.32 Å². The quantitative estimate of drug-likeness (QED) is 0.383. The van der Waals surface area contributed by atoms with Gasteiger partial charge in [0.15, 0.2) is 5.13 Å². The molecule has 1 saturated carbocycles. The summed E-state index contributed by atoms with van der Waals surface area (Å²) in [6.45, 7) is 1.95. The number of benzene rings is 3. The van der Waals surface area contributed by atoms with E-state index in [1.165, 1.54) is 17.4 Å². The molecule has 3 aliphatic carbocycles. The molecule has 33 heavy (non-hydrogen) atoms. The Hall–Kier alpha value is -3.09. The largest absolute Gasteiger partial charge is 0.385 e. The number of carbonyl (C=O) groups is 1. The molecule has 4 nitrogen and oxygen atoms in total. The molecule has 1 fully saturated rings. The van der Waals surface area contributed by atoms with E-state index in [-0.39, 0.29) is 17.6 Å². The van der Waals surface area contributed by atoms with Gasteiger partial charge in [0, 0.05) is 16.3 Å². The lowest BCUT2D eigenvalue weighted by Gasteiger charge is -2.53. The fourth-order valence-corrected chi connectivity index (χ4v) is 6.60. The van der Waals surface area contributed by atoms with Crippen LogP contribution in [0.15, 0.2) is 66.0 Å². The zero-order chi connectivity index (χ0) is 22.8. The lowest BCUT2D eigenvalue weighted by molar-refractivity contribution is -0.139. The van der Waals surface area contributed by atoms with Gasteiger partial charge in [-0.3, -0.25) is 4.79 Å². The van der Waals surface area contributed by atoms with Gasteiger partial charge in [0.05, 0.1) is 16.7 Å². The average molecular weight is 459 g/mol. The zero-order valence-electron chi connectivity index (χ0n) is 18.1. The summed E-state index contributed by atoms with van der Waals surface area (Å²) in [6, 6.07) is 18.4. The summed E-state index contributed by atoms with van der Waals surface area (Å²) in [5.74, 6) is -0.329. The molecule has 1 heterocycles. The van der Waals surface area contributed by atoms with Crippen LogP contribution in [0.2, 0.25) is 0 Å². The summed E-state index contributed by atoms with van der Waals surface area (Å²) in [6.07, 6.45) is 1.85. The Morgan fingerprint density at radius 3 is 2.73 bits per heavy atom. The summed E-state index contributed by atoms with van der Waals surface area (Å²) in [7, 11) is 0. The lowest BCUT2D eigenvalue weighted by Crippen LogP contribution is -2.53. The molecular weight excluding hydrogens is 435 g/mol. The number of aliphatic hydroxyl groups is 1. The zero-order valence-corrected chi connectivity index (χ0v) is 19.0. The first-order valence-corrected chi connectivity index (χ1v) is 12.0. The number of rotatable bonds is 3. The highest BCUT2D eigenvalue weighted by molar-refractivity contribution is 7.14. The third-order valence-electron chi connectivity index (χ3n) is 7.50. The SMILES string of the molecule is CC1(C(=O)Nc2nc(-c3ccc(F)c4ccccc34)cs2)CC2(O)CCC1c1ccccc12. The van der Waals surface area contributed by atoms with Crippen LogP contribution in [0.25, 0.3) is 22.0 Å². The number of nitrogens with zero attached hydrogens (tertiary/aromatic N) is 1. The molecule has 2 bridgehead atoms. The second-order valence-corrected chi connectivity index (χ2v) is 10.3. The van der Waals surface area contributed by atoms with Crippen molar-refractivity contribution in [3.63, 3.8) is 0 Å². The second kappa shape index (κ2) is 7.20. The fraction of sp³-hybridized carbons (Fsp3) is 0.259. The number of carbonyl (C=O) groups excluding carboxylic acids is 1. The van der Waals surface area contributed by atoms with Crippen LogP contribution >= 0.6 is 11.3 Å². The second-order valence-electron chi connectivity index (χ2n) is 9.44. The first-order valence-electron chi connectivity index (χ1n) is 11.2. The standard InChI is InChI=1S/C27H23FN2O2S/c1-26(15-27(32)13-12-20(26)19-8-4-5-9-21(19)27)24(31)30-25-29-23(14-33-25)18-10-11-22(28)17-7-3-2-6-16(17)18/h2-11,14,20,32H,12-13,15H2,1H3,(H,29,30,31). The Bertz CT molecular complexity index is 1420. The highest BCUT2D eigenvalue weighted by atomic mass is 32.1. The maximum Gasteiger partial charge on any atom is 0.232 e. The smallest absolute Gasteiger partial charge is 0.232 e. The third-order valence-corrected chi connectivity index (χ3v) is 8.26. The van der Waals surface area contributed by atoms with Gasteiger partial charge in [0.25, 0.3) is 0 Å². The Morgan fingerprint density at radius 1 is 1.12 bits per heavy atom. The van der Waals surface area contributed by atoms with Crippen molar-refractivity contribution in [1.82, 2.24) is 4.98 Å². The molecule has 0 radical (unpaired) electrons. The molecule has 1 aromatic heterocycles. The molecule has 3 aliphatic rings. The van der Waals surface area contributed by atoms with Gasteiger partial charge in [-0.1, -0.05) is 55.5 Å². The molecule has 0 saturated heterocycles. The van der Waals surface area contributed by atoms with Crippen LogP contribution in [0.4, 0.5) is 9.52 Å². The van der Waals surface area contributed by atoms with Gasteiger partial charge in [0.1, 0.15) is 5.82 Å². The lowest BCUT2D eigenvalue weighted by atomic mass is 9.52. The van der Waals surface area contributed by atoms with Crippen LogP contribution in [0.5, 0.6) is 0 Å². The summed E-state index contributed by atoms with van der Waals surface area (Å²) in [5, 5.41) is 18.1. The van der Waals surface area contributed by atoms with E-state index in [0.717, 1.165) is 28.5 Å². The number of anilines is 1. The molecule has 2 N–H and O–H groups in total. The van der Waals surface area contributed by atoms with Gasteiger partial charge < -0.3 is 10.4 Å². The van der Waals surface area contributed by atoms with Crippen molar-refractivity contribution in [3.8, 4) is 11.3 Å². The van der Waals surface area contributed by atoms with Crippen LogP contribution in [0.3, 0.4) is 0 Å². The Morgan fingerprint density at radius 2 is 1.88 bits per heavy atom. The van der Waals surface area contributed by atoms with Crippen LogP contribution in [-0.4, -0.2) is 16.0 Å². The summed E-state index contributed by atoms with van der Waals surface area (Å²) in [4.78, 5) is 18.2. The van der Waals surface area contributed by atoms with Gasteiger partial charge in [-0.05, 0) is 53.8 Å². The van der Waals surface area contributed by atoms with Gasteiger partial charge in [-0.25, -0.2) is 9.37 Å². The van der Waals surface area contributed by atoms with Gasteiger partial charge >= 0.3 is 0 Å². The normalized spacial score (nSPS) is 25.7. The highest BCUT2D eigenvalue weighted by Crippen LogP contribution is 2.60. The van der Waals surface area contributed by atoms with Gasteiger partial charge in [-0.15, -0.1) is 11.3 Å². The van der Waals surface area contributed by atoms with E-state index >= 15 is 0 Å². The molecule has 6 heteroatoms. The van der Waals surface area contributed by atoms with Crippen molar-refractivity contribution in [2.24, 2.45) is 5.41 Å². The molecule has 4 aromatic rings. The molecule has 1 amide bonds. The predicted octanol–water partition coefficient (Wildman–Crippen LogP) is 6.22. The number of thiazole rings is 1. The van der Waals surface area contributed by atoms with Crippen molar-refractivity contribution in [1.29, 1.82) is 0 Å². The van der Waals surface area contributed by atoms with Gasteiger partial charge in [0.2, 0.25) is 5.91 Å². The average Bonchev–Trinajstić information content (AvgIpc) is 3.28. The van der Waals surface area contributed by atoms with E-state index in [0.29, 0.717) is 29.1 Å². The first kappa shape index (κ1) is 20.5. The molecule has 166 valence electrons. The number of hydrogen-bond donors (Lipinski definition) is 2. The third kappa shape index (κ3) is 3.05. The minimum Gasteiger partial charge on any atom is -0.385 e. The summed E-state index contributed by atoms with van der Waals surface area (Å²) >= 11 is 1.35. The maximum atomic E-state index is 14.2. The summed E-state index contributed by atoms with van der Waals surface area (Å²) in [5.41, 5.74) is 1.87. The minimum absolute atomic E-state index is 0.0585. The minimum atomic E-state index is -0.974. The number of aromatic nitrogens is 1. The van der Waals surface area contributed by atoms with Crippen LogP contribution < -0.4 is 5.32 Å². The van der Waals surface area contributed by atoms with E-state index in [2.05, 4.69) is 10.3 Å². The number of nitrogens with one attached hydrogen (secondary N) is 1. The topological polar surface area (TPSA) is 62.2 Å². The Balaban J connectivity index is 1.31. The van der Waals surface area contributed by atoms with Crippen molar-refractivity contribution >= 4 is 33.1 Å². The van der Waals surface area contributed by atoms with E-state index in [4.69, 9.17) is 0 Å². The van der Waals surface area contributed by atoms with E-state index in [1.807, 2.05) is 54.8 Å². The number of amides is 1. The number of fused-ring (bicyclic) bond motifs is 3. The molecular formula is C27H23FN2O2S. The fourth-order valence-electron chi connectivity index (χ4n) is 5.89. The van der Waals surface area contributed by atoms with E-state index < -0.39 is 11.0 Å². The molecule has 3 aromatic carbocycles. The number of hydrogen-bond acceptors (Lipinski definition) is 4. The molecule has 0 aliphatic heterocycles. The van der Waals surface area contributed by atoms with Crippen LogP contribution in [0.1, 0.15) is 43.2 Å². The maximum absolute atomic E-state index is 14.2. The van der Waals surface area contributed by atoms with Crippen molar-refractivity contribution in [2.45, 2.75) is 37.7 Å². The van der Waals surface area contributed by atoms with Crippen LogP contribution in [0, 0.1) is 11.2 Å².